The van der Waals surface area contributed by atoms with Crippen molar-refractivity contribution in [1.82, 2.24) is 29.0 Å². The van der Waals surface area contributed by atoms with Gasteiger partial charge in [0.15, 0.2) is 11.5 Å². The van der Waals surface area contributed by atoms with E-state index >= 15 is 0 Å². The van der Waals surface area contributed by atoms with Crippen LogP contribution in [0.2, 0.25) is 5.15 Å². The van der Waals surface area contributed by atoms with Crippen molar-refractivity contribution in [1.29, 1.82) is 0 Å². The molecule has 1 aromatic carbocycles. The molecule has 4 aromatic rings. The first-order chi connectivity index (χ1) is 20.8. The molecule has 15 heteroatoms. The summed E-state index contributed by atoms with van der Waals surface area (Å²) in [5.74, 6) is -0.756. The summed E-state index contributed by atoms with van der Waals surface area (Å²) in [5.41, 5.74) is 2.36. The molecule has 0 unspecified atom stereocenters. The molecule has 1 aliphatic heterocycles. The van der Waals surface area contributed by atoms with Crippen LogP contribution < -0.4 is 20.5 Å². The summed E-state index contributed by atoms with van der Waals surface area (Å²) in [5, 5.41) is 8.09. The highest BCUT2D eigenvalue weighted by Gasteiger charge is 2.28. The Morgan fingerprint density at radius 1 is 1.20 bits per heavy atom. The molecule has 4 heterocycles. The van der Waals surface area contributed by atoms with Gasteiger partial charge < -0.3 is 10.2 Å². The molecule has 3 aromatic heterocycles. The summed E-state index contributed by atoms with van der Waals surface area (Å²) in [6.45, 7) is 7.37. The summed E-state index contributed by atoms with van der Waals surface area (Å²) in [6, 6.07) is 6.24. The first kappa shape index (κ1) is 31.4. The minimum absolute atomic E-state index is 0.0166. The Bertz CT molecular complexity index is 1920. The van der Waals surface area contributed by atoms with Gasteiger partial charge in [0.1, 0.15) is 10.8 Å². The van der Waals surface area contributed by atoms with Crippen LogP contribution in [0.4, 0.5) is 16.0 Å². The lowest BCUT2D eigenvalue weighted by Gasteiger charge is -2.33. The third-order valence-corrected chi connectivity index (χ3v) is 8.52. The second-order valence-electron chi connectivity index (χ2n) is 11.1. The van der Waals surface area contributed by atoms with E-state index < -0.39 is 22.0 Å². The molecule has 12 nitrogen and oxygen atoms in total. The van der Waals surface area contributed by atoms with Gasteiger partial charge >= 0.3 is 0 Å². The zero-order chi connectivity index (χ0) is 31.9. The Hall–Kier alpha value is -4.04. The third kappa shape index (κ3) is 6.41. The summed E-state index contributed by atoms with van der Waals surface area (Å²) >= 11 is 6.02. The van der Waals surface area contributed by atoms with E-state index in [2.05, 4.69) is 15.4 Å². The summed E-state index contributed by atoms with van der Waals surface area (Å²) in [4.78, 5) is 37.4. The highest BCUT2D eigenvalue weighted by atomic mass is 35.5. The van der Waals surface area contributed by atoms with E-state index in [0.29, 0.717) is 60.6 Å². The van der Waals surface area contributed by atoms with E-state index in [0.717, 1.165) is 11.8 Å². The van der Waals surface area contributed by atoms with Gasteiger partial charge in [0.05, 0.1) is 35.1 Å². The van der Waals surface area contributed by atoms with Crippen molar-refractivity contribution in [3.8, 4) is 0 Å². The van der Waals surface area contributed by atoms with E-state index in [1.54, 1.807) is 17.8 Å². The zero-order valence-corrected chi connectivity index (χ0v) is 26.6. The van der Waals surface area contributed by atoms with Crippen molar-refractivity contribution < 1.29 is 17.6 Å². The number of aryl methyl sites for hydroxylation is 2. The van der Waals surface area contributed by atoms with Crippen LogP contribution >= 0.6 is 11.6 Å². The zero-order valence-electron chi connectivity index (χ0n) is 25.1. The van der Waals surface area contributed by atoms with Crippen molar-refractivity contribution >= 4 is 50.1 Å². The Morgan fingerprint density at radius 2 is 1.91 bits per heavy atom. The van der Waals surface area contributed by atoms with Crippen LogP contribution in [0, 0.1) is 12.7 Å². The first-order valence-electron chi connectivity index (χ1n) is 14.2. The maximum Gasteiger partial charge on any atom is 0.285 e. The Balaban J connectivity index is 1.48. The minimum Gasteiger partial charge on any atom is -0.377 e. The smallest absolute Gasteiger partial charge is 0.285 e. The van der Waals surface area contributed by atoms with Gasteiger partial charge in [-0.3, -0.25) is 18.8 Å². The molecule has 0 spiro atoms. The molecule has 5 rings (SSSR count). The minimum atomic E-state index is -3.85. The number of amides is 1. The van der Waals surface area contributed by atoms with E-state index in [9.17, 15) is 22.4 Å². The summed E-state index contributed by atoms with van der Waals surface area (Å²) in [7, 11) is -2.16. The van der Waals surface area contributed by atoms with E-state index in [1.165, 1.54) is 22.9 Å². The average Bonchev–Trinajstić information content (AvgIpc) is 3.35. The third-order valence-electron chi connectivity index (χ3n) is 7.76. The standard InChI is InChI=1S/C29H34ClFN8O4S/c1-6-39-15-21(31)24(35-39)18-9-11-38(12-10-18)29-34-25-19(13-16(2)14-20(25)28(41)37(29)4)17(3)32-22-7-8-23(30)33-26(22)27(40)36-44(5,42)43/h7-8,13-15,17-18,32H,6,9-12H2,1-5H3,(H,36,40)/t17-/m1/s1. The molecular weight excluding hydrogens is 611 g/mol. The molecule has 0 radical (unpaired) electrons. The number of nitrogens with zero attached hydrogens (tertiary/aromatic N) is 6. The molecular formula is C29H34ClFN8O4S. The first-order valence-corrected chi connectivity index (χ1v) is 16.5. The number of nitrogens with one attached hydrogen (secondary N) is 2. The summed E-state index contributed by atoms with van der Waals surface area (Å²) < 4.78 is 43.0. The van der Waals surface area contributed by atoms with Crippen molar-refractivity contribution in [3.05, 3.63) is 74.3 Å². The fourth-order valence-corrected chi connectivity index (χ4v) is 6.19. The van der Waals surface area contributed by atoms with Gasteiger partial charge in [-0.2, -0.15) is 5.10 Å². The second-order valence-corrected chi connectivity index (χ2v) is 13.2. The number of carbonyl (C=O) groups excluding carboxylic acids is 1. The molecule has 1 aliphatic rings. The van der Waals surface area contributed by atoms with Crippen LogP contribution in [-0.4, -0.2) is 58.0 Å². The number of pyridine rings is 1. The van der Waals surface area contributed by atoms with Crippen molar-refractivity contribution in [2.45, 2.75) is 52.1 Å². The molecule has 234 valence electrons. The number of sulfonamides is 1. The molecule has 1 amide bonds. The van der Waals surface area contributed by atoms with Gasteiger partial charge in [-0.15, -0.1) is 0 Å². The van der Waals surface area contributed by atoms with Gasteiger partial charge in [-0.25, -0.2) is 27.5 Å². The largest absolute Gasteiger partial charge is 0.377 e. The van der Waals surface area contributed by atoms with Gasteiger partial charge in [-0.1, -0.05) is 17.7 Å². The number of halogens is 2. The number of carbonyl (C=O) groups is 1. The van der Waals surface area contributed by atoms with Gasteiger partial charge in [0.2, 0.25) is 16.0 Å². The van der Waals surface area contributed by atoms with Crippen LogP contribution in [-0.2, 0) is 23.6 Å². The molecule has 44 heavy (non-hydrogen) atoms. The fraction of sp³-hybridized carbons (Fsp3) is 0.414. The number of benzene rings is 1. The number of anilines is 2. The molecule has 1 atom stereocenters. The van der Waals surface area contributed by atoms with Crippen LogP contribution in [0.25, 0.3) is 10.9 Å². The van der Waals surface area contributed by atoms with E-state index in [1.807, 2.05) is 36.5 Å². The van der Waals surface area contributed by atoms with Crippen LogP contribution in [0.5, 0.6) is 0 Å². The van der Waals surface area contributed by atoms with Crippen molar-refractivity contribution in [3.63, 3.8) is 0 Å². The Kier molecular flexibility index (Phi) is 8.67. The predicted octanol–water partition coefficient (Wildman–Crippen LogP) is 3.89. The maximum absolute atomic E-state index is 14.5. The number of aromatic nitrogens is 5. The van der Waals surface area contributed by atoms with Gasteiger partial charge in [-0.05, 0) is 57.4 Å². The number of hydrogen-bond acceptors (Lipinski definition) is 9. The molecule has 1 saturated heterocycles. The Morgan fingerprint density at radius 3 is 2.55 bits per heavy atom. The Labute approximate surface area is 259 Å². The highest BCUT2D eigenvalue weighted by molar-refractivity contribution is 7.89. The normalized spacial score (nSPS) is 15.0. The predicted molar refractivity (Wildman–Crippen MR) is 167 cm³/mol. The molecule has 0 saturated carbocycles. The summed E-state index contributed by atoms with van der Waals surface area (Å²) in [6.07, 6.45) is 3.61. The monoisotopic (exact) mass is 644 g/mol. The average molecular weight is 645 g/mol. The SMILES string of the molecule is CCn1cc(F)c(C2CCN(c3nc4c([C@@H](C)Nc5ccc(Cl)nc5C(=O)NS(C)(=O)=O)cc(C)cc4c(=O)n3C)CC2)n1. The fourth-order valence-electron chi connectivity index (χ4n) is 5.61. The number of rotatable bonds is 8. The molecule has 0 aliphatic carbocycles. The highest BCUT2D eigenvalue weighted by Crippen LogP contribution is 2.32. The number of fused-ring (bicyclic) bond motifs is 1. The molecule has 2 N–H and O–H groups in total. The lowest BCUT2D eigenvalue weighted by atomic mass is 9.93. The molecule has 0 bridgehead atoms. The molecule has 1 fully saturated rings. The number of piperidine rings is 1. The topological polar surface area (TPSA) is 144 Å². The van der Waals surface area contributed by atoms with Gasteiger partial charge in [0, 0.05) is 38.2 Å². The number of hydrogen-bond donors (Lipinski definition) is 2. The van der Waals surface area contributed by atoms with E-state index in [4.69, 9.17) is 16.6 Å². The maximum atomic E-state index is 14.5. The van der Waals surface area contributed by atoms with Crippen molar-refractivity contribution in [2.75, 3.05) is 29.6 Å². The van der Waals surface area contributed by atoms with Crippen LogP contribution in [0.3, 0.4) is 0 Å². The lowest BCUT2D eigenvalue weighted by Crippen LogP contribution is -2.38. The van der Waals surface area contributed by atoms with Gasteiger partial charge in [0.25, 0.3) is 11.5 Å². The lowest BCUT2D eigenvalue weighted by molar-refractivity contribution is 0.0977. The van der Waals surface area contributed by atoms with Crippen molar-refractivity contribution in [2.24, 2.45) is 7.05 Å². The second kappa shape index (κ2) is 12.2. The van der Waals surface area contributed by atoms with Crippen LogP contribution in [0.1, 0.15) is 66.0 Å². The van der Waals surface area contributed by atoms with E-state index in [-0.39, 0.29) is 33.8 Å². The quantitative estimate of drug-likeness (QED) is 0.273. The van der Waals surface area contributed by atoms with Crippen LogP contribution in [0.15, 0.2) is 35.3 Å².